The van der Waals surface area contributed by atoms with Gasteiger partial charge in [0.25, 0.3) is 0 Å². The molecule has 1 aromatic heterocycles. The number of rotatable bonds is 2. The standard InChI is InChI=1S/C14H12ClN3/c1-18-13-5-3-2-4-12(13)17-14(18)16-11-8-6-10(15)7-9-11/h2-9H,1H3,(H,16,17). The molecule has 0 aliphatic carbocycles. The van der Waals surface area contributed by atoms with Crippen LogP contribution < -0.4 is 5.32 Å². The Morgan fingerprint density at radius 2 is 1.78 bits per heavy atom. The van der Waals surface area contributed by atoms with Crippen molar-refractivity contribution in [1.82, 2.24) is 9.55 Å². The second-order valence-electron chi connectivity index (χ2n) is 4.12. The number of para-hydroxylation sites is 2. The van der Waals surface area contributed by atoms with Gasteiger partial charge in [-0.05, 0) is 36.4 Å². The van der Waals surface area contributed by atoms with Crippen molar-refractivity contribution >= 4 is 34.3 Å². The molecule has 0 spiro atoms. The lowest BCUT2D eigenvalue weighted by atomic mass is 10.3. The van der Waals surface area contributed by atoms with Gasteiger partial charge < -0.3 is 9.88 Å². The first kappa shape index (κ1) is 11.1. The van der Waals surface area contributed by atoms with Gasteiger partial charge in [0.2, 0.25) is 5.95 Å². The van der Waals surface area contributed by atoms with Gasteiger partial charge in [0, 0.05) is 17.8 Å². The van der Waals surface area contributed by atoms with E-state index in [0.717, 1.165) is 27.7 Å². The molecule has 0 aliphatic rings. The smallest absolute Gasteiger partial charge is 0.208 e. The van der Waals surface area contributed by atoms with Crippen molar-refractivity contribution in [2.75, 3.05) is 5.32 Å². The second-order valence-corrected chi connectivity index (χ2v) is 4.55. The van der Waals surface area contributed by atoms with E-state index in [1.54, 1.807) is 0 Å². The highest BCUT2D eigenvalue weighted by Crippen LogP contribution is 2.22. The van der Waals surface area contributed by atoms with Crippen LogP contribution in [0.1, 0.15) is 0 Å². The van der Waals surface area contributed by atoms with Gasteiger partial charge in [-0.3, -0.25) is 0 Å². The molecule has 1 N–H and O–H groups in total. The van der Waals surface area contributed by atoms with Gasteiger partial charge in [0.05, 0.1) is 11.0 Å². The number of hydrogen-bond donors (Lipinski definition) is 1. The molecule has 1 heterocycles. The minimum atomic E-state index is 0.727. The van der Waals surface area contributed by atoms with Crippen LogP contribution in [0.2, 0.25) is 5.02 Å². The summed E-state index contributed by atoms with van der Waals surface area (Å²) in [6.45, 7) is 0. The number of halogens is 1. The van der Waals surface area contributed by atoms with E-state index in [1.165, 1.54) is 0 Å². The molecule has 0 unspecified atom stereocenters. The van der Waals surface area contributed by atoms with Crippen molar-refractivity contribution in [3.63, 3.8) is 0 Å². The third-order valence-electron chi connectivity index (χ3n) is 2.89. The number of aryl methyl sites for hydroxylation is 1. The van der Waals surface area contributed by atoms with Gasteiger partial charge in [-0.2, -0.15) is 0 Å². The summed E-state index contributed by atoms with van der Waals surface area (Å²) in [6, 6.07) is 15.6. The average molecular weight is 258 g/mol. The third kappa shape index (κ3) is 1.93. The lowest BCUT2D eigenvalue weighted by Gasteiger charge is -2.05. The fourth-order valence-corrected chi connectivity index (χ4v) is 2.05. The second kappa shape index (κ2) is 4.35. The van der Waals surface area contributed by atoms with Gasteiger partial charge in [-0.25, -0.2) is 4.98 Å². The maximum Gasteiger partial charge on any atom is 0.208 e. The summed E-state index contributed by atoms with van der Waals surface area (Å²) in [6.07, 6.45) is 0. The molecule has 2 aromatic carbocycles. The first-order chi connectivity index (χ1) is 8.74. The van der Waals surface area contributed by atoms with Crippen molar-refractivity contribution in [3.05, 3.63) is 53.6 Å². The zero-order valence-electron chi connectivity index (χ0n) is 9.89. The molecule has 0 atom stereocenters. The Hall–Kier alpha value is -2.00. The lowest BCUT2D eigenvalue weighted by molar-refractivity contribution is 0.958. The van der Waals surface area contributed by atoms with E-state index in [0.29, 0.717) is 0 Å². The van der Waals surface area contributed by atoms with E-state index in [2.05, 4.69) is 16.4 Å². The molecular formula is C14H12ClN3. The number of nitrogens with zero attached hydrogens (tertiary/aromatic N) is 2. The molecule has 0 fully saturated rings. The van der Waals surface area contributed by atoms with Crippen LogP contribution in [0.25, 0.3) is 11.0 Å². The van der Waals surface area contributed by atoms with E-state index in [1.807, 2.05) is 54.1 Å². The number of fused-ring (bicyclic) bond motifs is 1. The van der Waals surface area contributed by atoms with Crippen molar-refractivity contribution < 1.29 is 0 Å². The van der Waals surface area contributed by atoms with Crippen LogP contribution in [-0.2, 0) is 7.05 Å². The number of imidazole rings is 1. The zero-order valence-corrected chi connectivity index (χ0v) is 10.6. The number of aromatic nitrogens is 2. The van der Waals surface area contributed by atoms with Gasteiger partial charge >= 0.3 is 0 Å². The Labute approximate surface area is 110 Å². The third-order valence-corrected chi connectivity index (χ3v) is 3.14. The molecular weight excluding hydrogens is 246 g/mol. The fraction of sp³-hybridized carbons (Fsp3) is 0.0714. The van der Waals surface area contributed by atoms with Crippen LogP contribution in [0.5, 0.6) is 0 Å². The van der Waals surface area contributed by atoms with E-state index in [9.17, 15) is 0 Å². The first-order valence-electron chi connectivity index (χ1n) is 5.68. The van der Waals surface area contributed by atoms with E-state index < -0.39 is 0 Å². The molecule has 0 bridgehead atoms. The monoisotopic (exact) mass is 257 g/mol. The van der Waals surface area contributed by atoms with Crippen LogP contribution in [-0.4, -0.2) is 9.55 Å². The fourth-order valence-electron chi connectivity index (χ4n) is 1.92. The van der Waals surface area contributed by atoms with Gasteiger partial charge in [-0.15, -0.1) is 0 Å². The van der Waals surface area contributed by atoms with E-state index >= 15 is 0 Å². The molecule has 90 valence electrons. The Morgan fingerprint density at radius 3 is 2.50 bits per heavy atom. The summed E-state index contributed by atoms with van der Waals surface area (Å²) < 4.78 is 2.03. The molecule has 0 radical (unpaired) electrons. The van der Waals surface area contributed by atoms with Crippen molar-refractivity contribution in [3.8, 4) is 0 Å². The maximum atomic E-state index is 5.86. The summed E-state index contributed by atoms with van der Waals surface area (Å²) in [7, 11) is 1.99. The lowest BCUT2D eigenvalue weighted by Crippen LogP contribution is -1.98. The molecule has 3 rings (SSSR count). The Balaban J connectivity index is 1.99. The van der Waals surface area contributed by atoms with Gasteiger partial charge in [0.1, 0.15) is 0 Å². The summed E-state index contributed by atoms with van der Waals surface area (Å²) in [5.74, 6) is 0.818. The molecule has 3 nitrogen and oxygen atoms in total. The summed E-state index contributed by atoms with van der Waals surface area (Å²) >= 11 is 5.86. The molecule has 3 aromatic rings. The molecule has 0 aliphatic heterocycles. The molecule has 0 amide bonds. The van der Waals surface area contributed by atoms with Crippen molar-refractivity contribution in [2.24, 2.45) is 7.05 Å². The summed E-state index contributed by atoms with van der Waals surface area (Å²) in [4.78, 5) is 4.55. The van der Waals surface area contributed by atoms with Crippen LogP contribution in [0.3, 0.4) is 0 Å². The maximum absolute atomic E-state index is 5.86. The highest BCUT2D eigenvalue weighted by Gasteiger charge is 2.06. The number of benzene rings is 2. The van der Waals surface area contributed by atoms with Crippen LogP contribution in [0, 0.1) is 0 Å². The molecule has 18 heavy (non-hydrogen) atoms. The van der Waals surface area contributed by atoms with Crippen molar-refractivity contribution in [1.29, 1.82) is 0 Å². The number of nitrogens with one attached hydrogen (secondary N) is 1. The quantitative estimate of drug-likeness (QED) is 0.753. The van der Waals surface area contributed by atoms with Gasteiger partial charge in [0.15, 0.2) is 0 Å². The molecule has 0 saturated carbocycles. The van der Waals surface area contributed by atoms with Crippen LogP contribution in [0.15, 0.2) is 48.5 Å². The highest BCUT2D eigenvalue weighted by molar-refractivity contribution is 6.30. The predicted octanol–water partition coefficient (Wildman–Crippen LogP) is 3.97. The Bertz CT molecular complexity index is 686. The average Bonchev–Trinajstić information content (AvgIpc) is 2.70. The minimum Gasteiger partial charge on any atom is -0.326 e. The normalized spacial score (nSPS) is 10.8. The number of hydrogen-bond acceptors (Lipinski definition) is 2. The zero-order chi connectivity index (χ0) is 12.5. The Kier molecular flexibility index (Phi) is 2.68. The van der Waals surface area contributed by atoms with Gasteiger partial charge in [-0.1, -0.05) is 23.7 Å². The highest BCUT2D eigenvalue weighted by atomic mass is 35.5. The van der Waals surface area contributed by atoms with Crippen LogP contribution in [0.4, 0.5) is 11.6 Å². The topological polar surface area (TPSA) is 29.9 Å². The molecule has 0 saturated heterocycles. The largest absolute Gasteiger partial charge is 0.326 e. The van der Waals surface area contributed by atoms with E-state index in [-0.39, 0.29) is 0 Å². The minimum absolute atomic E-state index is 0.727. The van der Waals surface area contributed by atoms with E-state index in [4.69, 9.17) is 11.6 Å². The molecule has 4 heteroatoms. The summed E-state index contributed by atoms with van der Waals surface area (Å²) in [5, 5.41) is 4.01. The SMILES string of the molecule is Cn1c(Nc2ccc(Cl)cc2)nc2ccccc21. The van der Waals surface area contributed by atoms with Crippen molar-refractivity contribution in [2.45, 2.75) is 0 Å². The van der Waals surface area contributed by atoms with Crippen LogP contribution >= 0.6 is 11.6 Å². The number of anilines is 2. The summed E-state index contributed by atoms with van der Waals surface area (Å²) in [5.41, 5.74) is 3.06. The predicted molar refractivity (Wildman–Crippen MR) is 75.4 cm³/mol. The Morgan fingerprint density at radius 1 is 1.06 bits per heavy atom. The first-order valence-corrected chi connectivity index (χ1v) is 6.06.